The highest BCUT2D eigenvalue weighted by molar-refractivity contribution is 5.87. The molecular weight excluding hydrogens is 156 g/mol. The van der Waals surface area contributed by atoms with Crippen LogP contribution in [0.25, 0.3) is 0 Å². The highest BCUT2D eigenvalue weighted by Gasteiger charge is 2.22. The van der Waals surface area contributed by atoms with E-state index in [9.17, 15) is 9.90 Å². The van der Waals surface area contributed by atoms with Crippen molar-refractivity contribution in [3.63, 3.8) is 0 Å². The van der Waals surface area contributed by atoms with Gasteiger partial charge in [0, 0.05) is 6.42 Å². The molecule has 0 fully saturated rings. The van der Waals surface area contributed by atoms with Crippen LogP contribution in [0.15, 0.2) is 24.0 Å². The van der Waals surface area contributed by atoms with E-state index in [-0.39, 0.29) is 17.3 Å². The van der Waals surface area contributed by atoms with Crippen molar-refractivity contribution in [2.45, 2.75) is 19.3 Å². The average Bonchev–Trinajstić information content (AvgIpc) is 2.03. The van der Waals surface area contributed by atoms with E-state index in [1.54, 1.807) is 6.08 Å². The van der Waals surface area contributed by atoms with Gasteiger partial charge in [0.1, 0.15) is 5.76 Å². The van der Waals surface area contributed by atoms with Crippen molar-refractivity contribution in [1.82, 2.24) is 0 Å². The van der Waals surface area contributed by atoms with Crippen molar-refractivity contribution in [2.75, 3.05) is 0 Å². The van der Waals surface area contributed by atoms with E-state index in [2.05, 4.69) is 6.58 Å². The molecule has 66 valence electrons. The molecule has 0 radical (unpaired) electrons. The zero-order valence-corrected chi connectivity index (χ0v) is 6.79. The minimum absolute atomic E-state index is 0.0126. The summed E-state index contributed by atoms with van der Waals surface area (Å²) in [6.07, 6.45) is 3.40. The number of hydrogen-bond donors (Lipinski definition) is 2. The summed E-state index contributed by atoms with van der Waals surface area (Å²) in [5.41, 5.74) is 0.160. The molecule has 0 aromatic rings. The molecule has 0 heterocycles. The van der Waals surface area contributed by atoms with Gasteiger partial charge in [-0.3, -0.25) is 0 Å². The van der Waals surface area contributed by atoms with Crippen LogP contribution < -0.4 is 0 Å². The van der Waals surface area contributed by atoms with Gasteiger partial charge in [0.05, 0.1) is 5.57 Å². The lowest BCUT2D eigenvalue weighted by atomic mass is 9.88. The predicted molar refractivity (Wildman–Crippen MR) is 44.8 cm³/mol. The van der Waals surface area contributed by atoms with Gasteiger partial charge in [-0.15, -0.1) is 6.58 Å². The highest BCUT2D eigenvalue weighted by atomic mass is 16.4. The first-order chi connectivity index (χ1) is 5.65. The first kappa shape index (κ1) is 8.84. The molecule has 1 aliphatic carbocycles. The third-order valence-corrected chi connectivity index (χ3v) is 2.16. The Morgan fingerprint density at radius 3 is 2.75 bits per heavy atom. The summed E-state index contributed by atoms with van der Waals surface area (Å²) >= 11 is 0. The maximum atomic E-state index is 10.5. The number of aliphatic carboxylic acids is 1. The van der Waals surface area contributed by atoms with E-state index >= 15 is 0 Å². The Kier molecular flexibility index (Phi) is 2.53. The molecular formula is C9H12O3. The smallest absolute Gasteiger partial charge is 0.334 e. The number of carboxylic acids is 1. The molecule has 0 saturated carbocycles. The number of rotatable bonds is 2. The summed E-state index contributed by atoms with van der Waals surface area (Å²) < 4.78 is 0. The quantitative estimate of drug-likeness (QED) is 0.619. The molecule has 1 aliphatic rings. The zero-order chi connectivity index (χ0) is 9.14. The number of allylic oxidation sites excluding steroid dienone is 2. The van der Waals surface area contributed by atoms with Crippen molar-refractivity contribution in [3.8, 4) is 0 Å². The summed E-state index contributed by atoms with van der Waals surface area (Å²) in [5, 5.41) is 17.9. The number of carboxylic acid groups (broad SMARTS) is 1. The molecule has 0 bridgehead atoms. The van der Waals surface area contributed by atoms with Crippen LogP contribution in [0.5, 0.6) is 0 Å². The first-order valence-electron chi connectivity index (χ1n) is 3.92. The van der Waals surface area contributed by atoms with Crippen LogP contribution in [0, 0.1) is 5.92 Å². The van der Waals surface area contributed by atoms with Gasteiger partial charge in [-0.05, 0) is 18.8 Å². The third-order valence-electron chi connectivity index (χ3n) is 2.16. The van der Waals surface area contributed by atoms with Crippen LogP contribution in [0.1, 0.15) is 19.3 Å². The molecule has 12 heavy (non-hydrogen) atoms. The SMILES string of the molecule is C=C[C@H]1CCC(C(=O)O)=C(O)C1. The Morgan fingerprint density at radius 1 is 1.67 bits per heavy atom. The molecule has 0 aliphatic heterocycles. The van der Waals surface area contributed by atoms with Crippen LogP contribution >= 0.6 is 0 Å². The maximum absolute atomic E-state index is 10.5. The van der Waals surface area contributed by atoms with Gasteiger partial charge >= 0.3 is 5.97 Å². The van der Waals surface area contributed by atoms with E-state index in [0.717, 1.165) is 6.42 Å². The van der Waals surface area contributed by atoms with Gasteiger partial charge in [0.25, 0.3) is 0 Å². The molecule has 1 atom stereocenters. The Morgan fingerprint density at radius 2 is 2.33 bits per heavy atom. The Hall–Kier alpha value is -1.25. The second-order valence-corrected chi connectivity index (χ2v) is 2.97. The first-order valence-corrected chi connectivity index (χ1v) is 3.92. The molecule has 2 N–H and O–H groups in total. The molecule has 0 saturated heterocycles. The summed E-state index contributed by atoms with van der Waals surface area (Å²) in [5.74, 6) is -0.762. The fourth-order valence-electron chi connectivity index (χ4n) is 1.38. The number of carbonyl (C=O) groups is 1. The van der Waals surface area contributed by atoms with Crippen LogP contribution in [0.2, 0.25) is 0 Å². The Bertz CT molecular complexity index is 240. The molecule has 0 spiro atoms. The summed E-state index contributed by atoms with van der Waals surface area (Å²) in [7, 11) is 0. The monoisotopic (exact) mass is 168 g/mol. The Balaban J connectivity index is 2.77. The second kappa shape index (κ2) is 3.43. The molecule has 3 heteroatoms. The van der Waals surface area contributed by atoms with Gasteiger partial charge in [0.15, 0.2) is 0 Å². The van der Waals surface area contributed by atoms with Crippen molar-refractivity contribution in [2.24, 2.45) is 5.92 Å². The van der Waals surface area contributed by atoms with Crippen molar-refractivity contribution < 1.29 is 15.0 Å². The van der Waals surface area contributed by atoms with Crippen molar-refractivity contribution in [1.29, 1.82) is 0 Å². The topological polar surface area (TPSA) is 57.5 Å². The van der Waals surface area contributed by atoms with E-state index in [0.29, 0.717) is 12.8 Å². The van der Waals surface area contributed by atoms with Crippen molar-refractivity contribution in [3.05, 3.63) is 24.0 Å². The fraction of sp³-hybridized carbons (Fsp3) is 0.444. The van der Waals surface area contributed by atoms with Gasteiger partial charge in [-0.25, -0.2) is 4.79 Å². The zero-order valence-electron chi connectivity index (χ0n) is 6.79. The molecule has 0 unspecified atom stereocenters. The molecule has 0 aromatic heterocycles. The largest absolute Gasteiger partial charge is 0.512 e. The number of hydrogen-bond acceptors (Lipinski definition) is 2. The molecule has 1 rings (SSSR count). The summed E-state index contributed by atoms with van der Waals surface area (Å²) in [6.45, 7) is 3.61. The van der Waals surface area contributed by atoms with Crippen LogP contribution in [0.4, 0.5) is 0 Å². The number of aliphatic hydroxyl groups excluding tert-OH is 1. The van der Waals surface area contributed by atoms with Crippen LogP contribution in [-0.4, -0.2) is 16.2 Å². The number of aliphatic hydroxyl groups is 1. The lowest BCUT2D eigenvalue weighted by Crippen LogP contribution is -2.14. The van der Waals surface area contributed by atoms with E-state index in [4.69, 9.17) is 5.11 Å². The molecule has 0 aromatic carbocycles. The second-order valence-electron chi connectivity index (χ2n) is 2.97. The molecule has 0 amide bonds. The normalized spacial score (nSPS) is 23.8. The minimum atomic E-state index is -1.00. The third kappa shape index (κ3) is 1.67. The van der Waals surface area contributed by atoms with E-state index in [1.807, 2.05) is 0 Å². The van der Waals surface area contributed by atoms with Crippen LogP contribution in [0.3, 0.4) is 0 Å². The Labute approximate surface area is 71.0 Å². The van der Waals surface area contributed by atoms with Gasteiger partial charge in [-0.2, -0.15) is 0 Å². The van der Waals surface area contributed by atoms with E-state index < -0.39 is 5.97 Å². The fourth-order valence-corrected chi connectivity index (χ4v) is 1.38. The maximum Gasteiger partial charge on any atom is 0.334 e. The highest BCUT2D eigenvalue weighted by Crippen LogP contribution is 2.28. The van der Waals surface area contributed by atoms with E-state index in [1.165, 1.54) is 0 Å². The van der Waals surface area contributed by atoms with Gasteiger partial charge in [-0.1, -0.05) is 6.08 Å². The van der Waals surface area contributed by atoms with Crippen LogP contribution in [-0.2, 0) is 4.79 Å². The van der Waals surface area contributed by atoms with Crippen molar-refractivity contribution >= 4 is 5.97 Å². The average molecular weight is 168 g/mol. The lowest BCUT2D eigenvalue weighted by Gasteiger charge is -2.19. The summed E-state index contributed by atoms with van der Waals surface area (Å²) in [4.78, 5) is 10.5. The molecule has 3 nitrogen and oxygen atoms in total. The van der Waals surface area contributed by atoms with Gasteiger partial charge < -0.3 is 10.2 Å². The standard InChI is InChI=1S/C9H12O3/c1-2-6-3-4-7(9(11)12)8(10)5-6/h2,6,10H,1,3-5H2,(H,11,12)/t6-/m0/s1. The summed E-state index contributed by atoms with van der Waals surface area (Å²) in [6, 6.07) is 0. The predicted octanol–water partition coefficient (Wildman–Crippen LogP) is 1.87. The lowest BCUT2D eigenvalue weighted by molar-refractivity contribution is -0.133. The minimum Gasteiger partial charge on any atom is -0.512 e. The van der Waals surface area contributed by atoms with Gasteiger partial charge in [0.2, 0.25) is 0 Å².